The molecule has 0 amide bonds. The largest absolute Gasteiger partial charge is 0.109 e. The normalized spacial score (nSPS) is 13.1. The highest BCUT2D eigenvalue weighted by Crippen LogP contribution is 2.43. The molecule has 0 aliphatic rings. The molecule has 0 spiro atoms. The van der Waals surface area contributed by atoms with Gasteiger partial charge in [-0.05, 0) is 36.3 Å². The molecule has 0 heterocycles. The molecule has 0 N–H and O–H groups in total. The maximum Gasteiger partial charge on any atom is 0.0949 e. The van der Waals surface area contributed by atoms with Crippen LogP contribution in [0.2, 0.25) is 0 Å². The van der Waals surface area contributed by atoms with Crippen LogP contribution in [-0.4, -0.2) is 0 Å². The van der Waals surface area contributed by atoms with Gasteiger partial charge in [-0.1, -0.05) is 119 Å². The van der Waals surface area contributed by atoms with E-state index in [-0.39, 0.29) is 0 Å². The van der Waals surface area contributed by atoms with Gasteiger partial charge < -0.3 is 0 Å². The molecule has 2 rings (SSSR count). The molecule has 2 aromatic rings. The summed E-state index contributed by atoms with van der Waals surface area (Å²) in [6, 6.07) is 21.2. The molecule has 0 aliphatic heterocycles. The van der Waals surface area contributed by atoms with Crippen LogP contribution in [0.4, 0.5) is 0 Å². The molecule has 0 aromatic heterocycles. The lowest BCUT2D eigenvalue weighted by Crippen LogP contribution is -2.24. The van der Waals surface area contributed by atoms with Crippen LogP contribution >= 0.6 is 11.6 Å². The minimum absolute atomic E-state index is 0.477. The average Bonchev–Trinajstić information content (AvgIpc) is 2.72. The number of unbranched alkanes of at least 4 members (excludes halogenated alkanes) is 4. The molecular formula is C26H35Cl. The second-order valence-corrected chi connectivity index (χ2v) is 8.18. The van der Waals surface area contributed by atoms with E-state index in [1.165, 1.54) is 49.7 Å². The summed E-state index contributed by atoms with van der Waals surface area (Å²) in [6.45, 7) is 4.48. The van der Waals surface area contributed by atoms with Crippen molar-refractivity contribution in [1.82, 2.24) is 0 Å². The Balaban J connectivity index is 2.21. The molecular weight excluding hydrogens is 348 g/mol. The molecule has 1 heteroatoms. The highest BCUT2D eigenvalue weighted by atomic mass is 35.5. The summed E-state index contributed by atoms with van der Waals surface area (Å²) in [5, 5.41) is 0. The molecule has 0 saturated carbocycles. The SMILES string of the molecule is CCC=CC(CCCCCCC)CC(Cl)(c1ccccc1)c1ccccc1. The van der Waals surface area contributed by atoms with Crippen LogP contribution in [0.3, 0.4) is 0 Å². The number of alkyl halides is 1. The topological polar surface area (TPSA) is 0 Å². The van der Waals surface area contributed by atoms with Gasteiger partial charge in [0, 0.05) is 0 Å². The van der Waals surface area contributed by atoms with Gasteiger partial charge >= 0.3 is 0 Å². The maximum absolute atomic E-state index is 7.39. The highest BCUT2D eigenvalue weighted by molar-refractivity contribution is 6.26. The van der Waals surface area contributed by atoms with Crippen LogP contribution in [0.25, 0.3) is 0 Å². The molecule has 1 unspecified atom stereocenters. The number of hydrogen-bond donors (Lipinski definition) is 0. The predicted molar refractivity (Wildman–Crippen MR) is 120 cm³/mol. The fraction of sp³-hybridized carbons (Fsp3) is 0.462. The van der Waals surface area contributed by atoms with E-state index in [0.29, 0.717) is 5.92 Å². The summed E-state index contributed by atoms with van der Waals surface area (Å²) >= 11 is 7.39. The molecule has 0 saturated heterocycles. The maximum atomic E-state index is 7.39. The van der Waals surface area contributed by atoms with E-state index in [1.54, 1.807) is 0 Å². The first-order chi connectivity index (χ1) is 13.2. The van der Waals surface area contributed by atoms with E-state index in [0.717, 1.165) is 12.8 Å². The molecule has 0 bridgehead atoms. The van der Waals surface area contributed by atoms with Crippen LogP contribution in [0, 0.1) is 5.92 Å². The third-order valence-electron chi connectivity index (χ3n) is 5.33. The third kappa shape index (κ3) is 6.85. The Morgan fingerprint density at radius 1 is 0.815 bits per heavy atom. The Kier molecular flexibility index (Phi) is 9.70. The second-order valence-electron chi connectivity index (χ2n) is 7.54. The molecule has 146 valence electrons. The van der Waals surface area contributed by atoms with E-state index in [1.807, 2.05) is 0 Å². The zero-order chi connectivity index (χ0) is 19.4. The summed E-state index contributed by atoms with van der Waals surface area (Å²) in [4.78, 5) is -0.477. The van der Waals surface area contributed by atoms with E-state index < -0.39 is 4.87 Å². The third-order valence-corrected chi connectivity index (χ3v) is 5.92. The molecule has 0 radical (unpaired) electrons. The van der Waals surface area contributed by atoms with Crippen molar-refractivity contribution in [2.45, 2.75) is 70.1 Å². The van der Waals surface area contributed by atoms with E-state index in [4.69, 9.17) is 11.6 Å². The number of hydrogen-bond acceptors (Lipinski definition) is 0. The Labute approximate surface area is 171 Å². The molecule has 0 aliphatic carbocycles. The van der Waals surface area contributed by atoms with Crippen LogP contribution in [0.5, 0.6) is 0 Å². The van der Waals surface area contributed by atoms with Crippen molar-refractivity contribution in [3.63, 3.8) is 0 Å². The molecule has 0 nitrogen and oxygen atoms in total. The van der Waals surface area contributed by atoms with Gasteiger partial charge in [-0.25, -0.2) is 0 Å². The van der Waals surface area contributed by atoms with Gasteiger partial charge in [0.2, 0.25) is 0 Å². The molecule has 2 aromatic carbocycles. The van der Waals surface area contributed by atoms with E-state index >= 15 is 0 Å². The van der Waals surface area contributed by atoms with Crippen LogP contribution in [0.15, 0.2) is 72.8 Å². The van der Waals surface area contributed by atoms with Crippen molar-refractivity contribution < 1.29 is 0 Å². The fourth-order valence-corrected chi connectivity index (χ4v) is 4.22. The highest BCUT2D eigenvalue weighted by Gasteiger charge is 2.33. The van der Waals surface area contributed by atoms with Gasteiger partial charge in [0.25, 0.3) is 0 Å². The summed E-state index contributed by atoms with van der Waals surface area (Å²) in [6.07, 6.45) is 14.6. The summed E-state index contributed by atoms with van der Waals surface area (Å²) in [5.41, 5.74) is 2.39. The molecule has 1 atom stereocenters. The Bertz CT molecular complexity index is 605. The molecule has 27 heavy (non-hydrogen) atoms. The summed E-state index contributed by atoms with van der Waals surface area (Å²) < 4.78 is 0. The van der Waals surface area contributed by atoms with E-state index in [9.17, 15) is 0 Å². The number of allylic oxidation sites excluding steroid dienone is 2. The van der Waals surface area contributed by atoms with E-state index in [2.05, 4.69) is 86.7 Å². The first kappa shape index (κ1) is 21.8. The number of halogens is 1. The van der Waals surface area contributed by atoms with Crippen LogP contribution in [-0.2, 0) is 4.87 Å². The van der Waals surface area contributed by atoms with Gasteiger partial charge in [-0.3, -0.25) is 0 Å². The summed E-state index contributed by atoms with van der Waals surface area (Å²) in [7, 11) is 0. The summed E-state index contributed by atoms with van der Waals surface area (Å²) in [5.74, 6) is 0.504. The van der Waals surface area contributed by atoms with Crippen molar-refractivity contribution >= 4 is 11.6 Å². The van der Waals surface area contributed by atoms with Gasteiger partial charge in [-0.15, -0.1) is 11.6 Å². The molecule has 0 fully saturated rings. The van der Waals surface area contributed by atoms with Crippen molar-refractivity contribution in [2.24, 2.45) is 5.92 Å². The monoisotopic (exact) mass is 382 g/mol. The fourth-order valence-electron chi connectivity index (χ4n) is 3.77. The first-order valence-corrected chi connectivity index (χ1v) is 11.0. The number of benzene rings is 2. The Morgan fingerprint density at radius 2 is 1.37 bits per heavy atom. The predicted octanol–water partition coefficient (Wildman–Crippen LogP) is 8.50. The lowest BCUT2D eigenvalue weighted by molar-refractivity contribution is 0.453. The second kappa shape index (κ2) is 12.0. The lowest BCUT2D eigenvalue weighted by atomic mass is 9.81. The Hall–Kier alpha value is -1.53. The van der Waals surface area contributed by atoms with Crippen LogP contribution in [0.1, 0.15) is 76.3 Å². The van der Waals surface area contributed by atoms with Gasteiger partial charge in [0.15, 0.2) is 0 Å². The van der Waals surface area contributed by atoms with Crippen molar-refractivity contribution in [1.29, 1.82) is 0 Å². The minimum Gasteiger partial charge on any atom is -0.109 e. The van der Waals surface area contributed by atoms with Crippen molar-refractivity contribution in [3.8, 4) is 0 Å². The zero-order valence-corrected chi connectivity index (χ0v) is 17.8. The van der Waals surface area contributed by atoms with Gasteiger partial charge in [0.1, 0.15) is 0 Å². The van der Waals surface area contributed by atoms with Crippen molar-refractivity contribution in [3.05, 3.63) is 83.9 Å². The van der Waals surface area contributed by atoms with Gasteiger partial charge in [-0.2, -0.15) is 0 Å². The first-order valence-electron chi connectivity index (χ1n) is 10.7. The zero-order valence-electron chi connectivity index (χ0n) is 17.0. The smallest absolute Gasteiger partial charge is 0.0949 e. The van der Waals surface area contributed by atoms with Gasteiger partial charge in [0.05, 0.1) is 4.87 Å². The average molecular weight is 383 g/mol. The Morgan fingerprint density at radius 3 is 1.89 bits per heavy atom. The number of rotatable bonds is 12. The van der Waals surface area contributed by atoms with Crippen LogP contribution < -0.4 is 0 Å². The minimum atomic E-state index is -0.477. The standard InChI is InChI=1S/C26H35Cl/c1-3-5-7-8-11-17-23(16-6-4-2)22-26(27,24-18-12-9-13-19-24)25-20-14-10-15-21-25/h6,9-10,12-16,18-21,23H,3-5,7-8,11,17,22H2,1-2H3. The quantitative estimate of drug-likeness (QED) is 0.196. The lowest BCUT2D eigenvalue weighted by Gasteiger charge is -2.32. The van der Waals surface area contributed by atoms with Crippen molar-refractivity contribution in [2.75, 3.05) is 0 Å².